The van der Waals surface area contributed by atoms with Crippen molar-refractivity contribution in [2.24, 2.45) is 0 Å². The molecule has 24 heavy (non-hydrogen) atoms. The molecule has 0 aliphatic carbocycles. The number of anilines is 1. The number of carbonyl (C=O) groups excluding carboxylic acids is 2. The first-order valence-electron chi connectivity index (χ1n) is 7.37. The van der Waals surface area contributed by atoms with E-state index in [1.54, 1.807) is 11.6 Å². The minimum atomic E-state index is -0.753. The van der Waals surface area contributed by atoms with E-state index >= 15 is 0 Å². The first-order valence-corrected chi connectivity index (χ1v) is 9.20. The van der Waals surface area contributed by atoms with E-state index in [0.717, 1.165) is 5.56 Å². The predicted octanol–water partition coefficient (Wildman–Crippen LogP) is 3.48. The van der Waals surface area contributed by atoms with Crippen LogP contribution in [0.4, 0.5) is 9.93 Å². The maximum Gasteiger partial charge on any atom is 0.408 e. The Bertz CT molecular complexity index is 648. The average Bonchev–Trinajstić information content (AvgIpc) is 3.06. The van der Waals surface area contributed by atoms with E-state index < -0.39 is 11.5 Å². The van der Waals surface area contributed by atoms with Crippen molar-refractivity contribution in [3.63, 3.8) is 0 Å². The Kier molecular flexibility index (Phi) is 7.07. The third kappa shape index (κ3) is 6.21. The molecule has 2 N–H and O–H groups in total. The molecule has 1 unspecified atom stereocenters. The molecule has 2 aromatic rings. The number of nitrogens with one attached hydrogen (secondary N) is 2. The normalized spacial score (nSPS) is 11.8. The van der Waals surface area contributed by atoms with Crippen molar-refractivity contribution in [3.8, 4) is 0 Å². The number of amides is 2. The molecule has 1 atom stereocenters. The topological polar surface area (TPSA) is 80.3 Å². The van der Waals surface area contributed by atoms with Gasteiger partial charge in [0, 0.05) is 16.8 Å². The van der Waals surface area contributed by atoms with Crippen LogP contribution in [-0.2, 0) is 16.1 Å². The molecule has 0 aliphatic rings. The molecule has 2 rings (SSSR count). The van der Waals surface area contributed by atoms with Crippen LogP contribution in [0.25, 0.3) is 0 Å². The molecule has 0 saturated heterocycles. The highest BCUT2D eigenvalue weighted by atomic mass is 32.2. The van der Waals surface area contributed by atoms with Gasteiger partial charge in [-0.05, 0) is 5.56 Å². The number of thiazole rings is 1. The van der Waals surface area contributed by atoms with Gasteiger partial charge in [0.2, 0.25) is 0 Å². The highest BCUT2D eigenvalue weighted by Crippen LogP contribution is 2.18. The molecule has 1 aromatic heterocycles. The van der Waals surface area contributed by atoms with Crippen LogP contribution in [0.15, 0.2) is 41.9 Å². The predicted molar refractivity (Wildman–Crippen MR) is 97.0 cm³/mol. The van der Waals surface area contributed by atoms with Gasteiger partial charge in [0.1, 0.15) is 6.61 Å². The number of hydrogen-bond donors (Lipinski definition) is 2. The van der Waals surface area contributed by atoms with Crippen LogP contribution in [-0.4, -0.2) is 27.6 Å². The number of hydrogen-bond acceptors (Lipinski definition) is 6. The van der Waals surface area contributed by atoms with Crippen molar-refractivity contribution in [1.82, 2.24) is 10.3 Å². The van der Waals surface area contributed by atoms with Gasteiger partial charge in [0.25, 0.3) is 5.91 Å². The number of alkyl carbamates (subject to hydrolysis) is 1. The number of aromatic nitrogens is 1. The Morgan fingerprint density at radius 3 is 2.67 bits per heavy atom. The van der Waals surface area contributed by atoms with E-state index in [2.05, 4.69) is 15.6 Å². The number of nitrogens with zero attached hydrogens (tertiary/aromatic N) is 1. The smallest absolute Gasteiger partial charge is 0.408 e. The molecular formula is C16H19N3O3S2. The van der Waals surface area contributed by atoms with Gasteiger partial charge >= 0.3 is 6.09 Å². The van der Waals surface area contributed by atoms with Crippen molar-refractivity contribution >= 4 is 40.2 Å². The molecule has 0 bridgehead atoms. The van der Waals surface area contributed by atoms with Crippen molar-refractivity contribution in [1.29, 1.82) is 0 Å². The van der Waals surface area contributed by atoms with E-state index in [1.807, 2.05) is 44.2 Å². The molecular weight excluding hydrogens is 346 g/mol. The number of ether oxygens (including phenoxy) is 1. The van der Waals surface area contributed by atoms with Crippen LogP contribution in [0.5, 0.6) is 0 Å². The second-order valence-corrected chi connectivity index (χ2v) is 7.68. The van der Waals surface area contributed by atoms with Crippen molar-refractivity contribution in [2.45, 2.75) is 31.1 Å². The van der Waals surface area contributed by atoms with Gasteiger partial charge < -0.3 is 10.1 Å². The second-order valence-electron chi connectivity index (χ2n) is 5.10. The fraction of sp³-hybridized carbons (Fsp3) is 0.312. The molecule has 128 valence electrons. The summed E-state index contributed by atoms with van der Waals surface area (Å²) in [5.41, 5.74) is 0.882. The third-order valence-corrected chi connectivity index (χ3v) is 4.61. The first-order chi connectivity index (χ1) is 11.5. The van der Waals surface area contributed by atoms with E-state index in [4.69, 9.17) is 4.74 Å². The zero-order valence-electron chi connectivity index (χ0n) is 13.4. The maximum atomic E-state index is 12.3. The third-order valence-electron chi connectivity index (χ3n) is 2.77. The summed E-state index contributed by atoms with van der Waals surface area (Å²) in [7, 11) is 0. The largest absolute Gasteiger partial charge is 0.445 e. The van der Waals surface area contributed by atoms with Crippen molar-refractivity contribution in [2.75, 3.05) is 5.32 Å². The second kappa shape index (κ2) is 9.29. The Hall–Kier alpha value is -2.06. The van der Waals surface area contributed by atoms with Crippen LogP contribution in [0, 0.1) is 0 Å². The molecule has 2 amide bonds. The minimum Gasteiger partial charge on any atom is -0.445 e. The number of thioether (sulfide) groups is 1. The lowest BCUT2D eigenvalue weighted by molar-refractivity contribution is -0.116. The van der Waals surface area contributed by atoms with Gasteiger partial charge in [-0.15, -0.1) is 23.1 Å². The van der Waals surface area contributed by atoms with Crippen LogP contribution in [0.2, 0.25) is 0 Å². The summed E-state index contributed by atoms with van der Waals surface area (Å²) in [6, 6.07) is 9.36. The summed E-state index contributed by atoms with van der Waals surface area (Å²) in [5, 5.41) is 6.95. The first kappa shape index (κ1) is 18.3. The summed E-state index contributed by atoms with van der Waals surface area (Å²) in [5.74, 6) is -0.333. The zero-order valence-corrected chi connectivity index (χ0v) is 15.0. The molecule has 6 nitrogen and oxygen atoms in total. The number of carbonyl (C=O) groups is 2. The van der Waals surface area contributed by atoms with Gasteiger partial charge in [-0.1, -0.05) is 44.2 Å². The van der Waals surface area contributed by atoms with Crippen LogP contribution >= 0.6 is 23.1 Å². The van der Waals surface area contributed by atoms with E-state index in [9.17, 15) is 9.59 Å². The average molecular weight is 365 g/mol. The van der Waals surface area contributed by atoms with Crippen LogP contribution in [0.3, 0.4) is 0 Å². The fourth-order valence-electron chi connectivity index (χ4n) is 1.76. The zero-order chi connectivity index (χ0) is 17.4. The number of rotatable bonds is 7. The van der Waals surface area contributed by atoms with Gasteiger partial charge in [-0.25, -0.2) is 9.78 Å². The highest BCUT2D eigenvalue weighted by Gasteiger charge is 2.24. The Balaban J connectivity index is 1.89. The van der Waals surface area contributed by atoms with Gasteiger partial charge in [-0.3, -0.25) is 10.1 Å². The number of benzene rings is 1. The molecule has 0 spiro atoms. The summed E-state index contributed by atoms with van der Waals surface area (Å²) in [6.45, 7) is 4.05. The van der Waals surface area contributed by atoms with Crippen LogP contribution < -0.4 is 10.6 Å². The lowest BCUT2D eigenvalue weighted by Crippen LogP contribution is -2.42. The Morgan fingerprint density at radius 2 is 2.04 bits per heavy atom. The van der Waals surface area contributed by atoms with E-state index in [1.165, 1.54) is 23.1 Å². The summed E-state index contributed by atoms with van der Waals surface area (Å²) in [4.78, 5) is 28.3. The standard InChI is InChI=1S/C16H19N3O3S2/c1-11(2)24-14(13(20)18-15-17-8-9-23-15)19-16(21)22-10-12-6-4-3-5-7-12/h3-9,11,14H,10H2,1-2H3,(H,19,21)(H,17,18,20). The monoisotopic (exact) mass is 365 g/mol. The summed E-state index contributed by atoms with van der Waals surface area (Å²) < 4.78 is 5.17. The molecule has 0 fully saturated rings. The molecule has 0 aliphatic heterocycles. The maximum absolute atomic E-state index is 12.3. The quantitative estimate of drug-likeness (QED) is 0.734. The molecule has 1 heterocycles. The van der Waals surface area contributed by atoms with Gasteiger partial charge in [0.05, 0.1) is 0 Å². The fourth-order valence-corrected chi connectivity index (χ4v) is 3.18. The molecule has 0 saturated carbocycles. The Morgan fingerprint density at radius 1 is 1.29 bits per heavy atom. The lowest BCUT2D eigenvalue weighted by atomic mass is 10.2. The van der Waals surface area contributed by atoms with E-state index in [-0.39, 0.29) is 17.8 Å². The Labute approximate surface area is 149 Å². The van der Waals surface area contributed by atoms with Crippen molar-refractivity contribution in [3.05, 3.63) is 47.5 Å². The minimum absolute atomic E-state index is 0.153. The summed E-state index contributed by atoms with van der Waals surface area (Å²) in [6.07, 6.45) is 0.971. The van der Waals surface area contributed by atoms with Crippen molar-refractivity contribution < 1.29 is 14.3 Å². The molecule has 0 radical (unpaired) electrons. The molecule has 1 aromatic carbocycles. The van der Waals surface area contributed by atoms with E-state index in [0.29, 0.717) is 5.13 Å². The highest BCUT2D eigenvalue weighted by molar-refractivity contribution is 8.01. The van der Waals surface area contributed by atoms with Crippen LogP contribution in [0.1, 0.15) is 19.4 Å². The SMILES string of the molecule is CC(C)SC(NC(=O)OCc1ccccc1)C(=O)Nc1nccs1. The van der Waals surface area contributed by atoms with Gasteiger partial charge in [-0.2, -0.15) is 0 Å². The lowest BCUT2D eigenvalue weighted by Gasteiger charge is -2.19. The molecule has 8 heteroatoms. The van der Waals surface area contributed by atoms with Gasteiger partial charge in [0.15, 0.2) is 10.5 Å². The summed E-state index contributed by atoms with van der Waals surface area (Å²) >= 11 is 2.65.